The molecule has 2 rings (SSSR count). The van der Waals surface area contributed by atoms with E-state index >= 15 is 0 Å². The SMILES string of the molecule is CCCCc1nc(Cl)c(CO)n1Cc1ccc(Cl)cc1. The predicted octanol–water partition coefficient (Wildman–Crippen LogP) is 4.07. The molecule has 1 heterocycles. The van der Waals surface area contributed by atoms with Crippen LogP contribution in [0.3, 0.4) is 0 Å². The van der Waals surface area contributed by atoms with Crippen LogP contribution in [-0.4, -0.2) is 14.7 Å². The van der Waals surface area contributed by atoms with Crippen molar-refractivity contribution in [2.75, 3.05) is 0 Å². The van der Waals surface area contributed by atoms with Gasteiger partial charge in [0.1, 0.15) is 5.82 Å². The number of aromatic nitrogens is 2. The fourth-order valence-corrected chi connectivity index (χ4v) is 2.53. The Morgan fingerprint density at radius 2 is 1.90 bits per heavy atom. The number of aliphatic hydroxyl groups is 1. The highest BCUT2D eigenvalue weighted by molar-refractivity contribution is 6.30. The van der Waals surface area contributed by atoms with Crippen molar-refractivity contribution in [3.05, 3.63) is 51.5 Å². The van der Waals surface area contributed by atoms with Gasteiger partial charge in [0.2, 0.25) is 0 Å². The Labute approximate surface area is 129 Å². The van der Waals surface area contributed by atoms with Gasteiger partial charge in [0.25, 0.3) is 0 Å². The molecule has 0 aliphatic carbocycles. The molecule has 0 amide bonds. The van der Waals surface area contributed by atoms with Crippen LogP contribution in [0.15, 0.2) is 24.3 Å². The summed E-state index contributed by atoms with van der Waals surface area (Å²) in [7, 11) is 0. The summed E-state index contributed by atoms with van der Waals surface area (Å²) in [5.41, 5.74) is 1.78. The van der Waals surface area contributed by atoms with Gasteiger partial charge in [-0.25, -0.2) is 4.98 Å². The molecule has 0 aliphatic rings. The Morgan fingerprint density at radius 3 is 2.50 bits per heavy atom. The lowest BCUT2D eigenvalue weighted by molar-refractivity contribution is 0.271. The lowest BCUT2D eigenvalue weighted by Crippen LogP contribution is -2.09. The van der Waals surface area contributed by atoms with Crippen molar-refractivity contribution < 1.29 is 5.11 Å². The summed E-state index contributed by atoms with van der Waals surface area (Å²) < 4.78 is 2.00. The van der Waals surface area contributed by atoms with Crippen molar-refractivity contribution in [1.82, 2.24) is 9.55 Å². The standard InChI is InChI=1S/C15H18Cl2N2O/c1-2-3-4-14-18-15(17)13(10-20)19(14)9-11-5-7-12(16)8-6-11/h5-8,20H,2-4,9-10H2,1H3. The van der Waals surface area contributed by atoms with E-state index in [1.165, 1.54) is 0 Å². The zero-order valence-corrected chi connectivity index (χ0v) is 13.0. The Morgan fingerprint density at radius 1 is 1.20 bits per heavy atom. The molecular formula is C15H18Cl2N2O. The average molecular weight is 313 g/mol. The molecule has 0 atom stereocenters. The number of aliphatic hydroxyl groups excluding tert-OH is 1. The largest absolute Gasteiger partial charge is 0.390 e. The molecule has 3 nitrogen and oxygen atoms in total. The topological polar surface area (TPSA) is 38.1 Å². The van der Waals surface area contributed by atoms with Crippen molar-refractivity contribution in [3.63, 3.8) is 0 Å². The molecule has 0 fully saturated rings. The minimum Gasteiger partial charge on any atom is -0.390 e. The summed E-state index contributed by atoms with van der Waals surface area (Å²) in [4.78, 5) is 4.37. The van der Waals surface area contributed by atoms with Gasteiger partial charge in [-0.2, -0.15) is 0 Å². The van der Waals surface area contributed by atoms with Crippen LogP contribution in [0.1, 0.15) is 36.8 Å². The maximum atomic E-state index is 9.49. The Bertz CT molecular complexity index is 564. The van der Waals surface area contributed by atoms with Crippen molar-refractivity contribution in [1.29, 1.82) is 0 Å². The first kappa shape index (κ1) is 15.4. The number of aryl methyl sites for hydroxylation is 1. The van der Waals surface area contributed by atoms with Crippen LogP contribution in [0.5, 0.6) is 0 Å². The molecule has 0 spiro atoms. The van der Waals surface area contributed by atoms with Crippen molar-refractivity contribution in [2.45, 2.75) is 39.3 Å². The quantitative estimate of drug-likeness (QED) is 0.873. The molecule has 0 radical (unpaired) electrons. The fourth-order valence-electron chi connectivity index (χ4n) is 2.14. The average Bonchev–Trinajstić information content (AvgIpc) is 2.74. The van der Waals surface area contributed by atoms with Gasteiger partial charge in [0, 0.05) is 18.0 Å². The van der Waals surface area contributed by atoms with E-state index in [1.807, 2.05) is 28.8 Å². The third kappa shape index (κ3) is 3.54. The molecule has 1 N–H and O–H groups in total. The monoisotopic (exact) mass is 312 g/mol. The van der Waals surface area contributed by atoms with Crippen molar-refractivity contribution in [2.24, 2.45) is 0 Å². The van der Waals surface area contributed by atoms with Crippen LogP contribution in [0.25, 0.3) is 0 Å². The molecule has 5 heteroatoms. The van der Waals surface area contributed by atoms with Crippen LogP contribution >= 0.6 is 23.2 Å². The van der Waals surface area contributed by atoms with Crippen molar-refractivity contribution >= 4 is 23.2 Å². The summed E-state index contributed by atoms with van der Waals surface area (Å²) in [6, 6.07) is 7.67. The maximum absolute atomic E-state index is 9.49. The van der Waals surface area contributed by atoms with Gasteiger partial charge in [0.15, 0.2) is 5.15 Å². The molecule has 0 saturated carbocycles. The van der Waals surface area contributed by atoms with Gasteiger partial charge in [-0.05, 0) is 24.1 Å². The van der Waals surface area contributed by atoms with Gasteiger partial charge in [-0.15, -0.1) is 0 Å². The predicted molar refractivity (Wildman–Crippen MR) is 82.3 cm³/mol. The molecule has 1 aromatic carbocycles. The van der Waals surface area contributed by atoms with Crippen LogP contribution in [-0.2, 0) is 19.6 Å². The molecule has 0 aliphatic heterocycles. The van der Waals surface area contributed by atoms with Crippen LogP contribution in [0.2, 0.25) is 10.2 Å². The van der Waals surface area contributed by atoms with E-state index in [0.717, 1.165) is 30.7 Å². The lowest BCUT2D eigenvalue weighted by Gasteiger charge is -2.11. The van der Waals surface area contributed by atoms with Crippen LogP contribution < -0.4 is 0 Å². The molecule has 1 aromatic heterocycles. The van der Waals surface area contributed by atoms with Gasteiger partial charge in [-0.3, -0.25) is 0 Å². The number of rotatable bonds is 6. The molecule has 2 aromatic rings. The van der Waals surface area contributed by atoms with E-state index in [9.17, 15) is 5.11 Å². The Balaban J connectivity index is 2.30. The second-order valence-corrected chi connectivity index (χ2v) is 5.53. The third-order valence-corrected chi connectivity index (χ3v) is 3.82. The zero-order valence-electron chi connectivity index (χ0n) is 11.4. The van der Waals surface area contributed by atoms with E-state index in [4.69, 9.17) is 23.2 Å². The molecule has 0 saturated heterocycles. The number of hydrogen-bond donors (Lipinski definition) is 1. The van der Waals surface area contributed by atoms with Gasteiger partial charge >= 0.3 is 0 Å². The Hall–Kier alpha value is -1.03. The minimum atomic E-state index is -0.106. The molecule has 108 valence electrons. The summed E-state index contributed by atoms with van der Waals surface area (Å²) in [6.07, 6.45) is 3.02. The summed E-state index contributed by atoms with van der Waals surface area (Å²) in [5, 5.41) is 10.6. The number of nitrogens with zero attached hydrogens (tertiary/aromatic N) is 2. The van der Waals surface area contributed by atoms with Gasteiger partial charge in [-0.1, -0.05) is 48.7 Å². The summed E-state index contributed by atoms with van der Waals surface area (Å²) >= 11 is 12.0. The highest BCUT2D eigenvalue weighted by atomic mass is 35.5. The van der Waals surface area contributed by atoms with E-state index < -0.39 is 0 Å². The molecule has 20 heavy (non-hydrogen) atoms. The third-order valence-electron chi connectivity index (χ3n) is 3.26. The highest BCUT2D eigenvalue weighted by Gasteiger charge is 2.15. The first-order valence-corrected chi connectivity index (χ1v) is 7.50. The number of benzene rings is 1. The zero-order chi connectivity index (χ0) is 14.5. The second-order valence-electron chi connectivity index (χ2n) is 4.74. The fraction of sp³-hybridized carbons (Fsp3) is 0.400. The van der Waals surface area contributed by atoms with E-state index in [0.29, 0.717) is 22.4 Å². The number of halogens is 2. The number of imidazole rings is 1. The summed E-state index contributed by atoms with van der Waals surface area (Å²) in [6.45, 7) is 2.68. The van der Waals surface area contributed by atoms with Crippen LogP contribution in [0, 0.1) is 0 Å². The van der Waals surface area contributed by atoms with Gasteiger partial charge < -0.3 is 9.67 Å². The highest BCUT2D eigenvalue weighted by Crippen LogP contribution is 2.21. The van der Waals surface area contributed by atoms with Gasteiger partial charge in [0.05, 0.1) is 12.3 Å². The molecule has 0 unspecified atom stereocenters. The molecular weight excluding hydrogens is 295 g/mol. The van der Waals surface area contributed by atoms with Crippen LogP contribution in [0.4, 0.5) is 0 Å². The first-order chi connectivity index (χ1) is 9.65. The molecule has 0 bridgehead atoms. The maximum Gasteiger partial charge on any atom is 0.152 e. The minimum absolute atomic E-state index is 0.106. The smallest absolute Gasteiger partial charge is 0.152 e. The second kappa shape index (κ2) is 7.11. The first-order valence-electron chi connectivity index (χ1n) is 6.74. The van der Waals surface area contributed by atoms with E-state index in [-0.39, 0.29) is 6.61 Å². The number of unbranched alkanes of at least 4 members (excludes halogenated alkanes) is 1. The van der Waals surface area contributed by atoms with E-state index in [1.54, 1.807) is 0 Å². The number of hydrogen-bond acceptors (Lipinski definition) is 2. The normalized spacial score (nSPS) is 11.0. The van der Waals surface area contributed by atoms with E-state index in [2.05, 4.69) is 11.9 Å². The lowest BCUT2D eigenvalue weighted by atomic mass is 10.2. The summed E-state index contributed by atoms with van der Waals surface area (Å²) in [5.74, 6) is 0.927. The Kier molecular flexibility index (Phi) is 5.46. The van der Waals surface area contributed by atoms with Crippen molar-refractivity contribution in [3.8, 4) is 0 Å².